The molecule has 2 aromatic rings. The number of hydrogen-bond acceptors (Lipinski definition) is 3. The van der Waals surface area contributed by atoms with Crippen LogP contribution in [0.3, 0.4) is 0 Å². The van der Waals surface area contributed by atoms with Crippen LogP contribution in [0.5, 0.6) is 0 Å². The lowest BCUT2D eigenvalue weighted by Crippen LogP contribution is -2.14. The normalized spacial score (nSPS) is 10.1. The van der Waals surface area contributed by atoms with Crippen molar-refractivity contribution in [2.45, 2.75) is 0 Å². The van der Waals surface area contributed by atoms with Crippen LogP contribution in [0.25, 0.3) is 0 Å². The second-order valence-corrected chi connectivity index (χ2v) is 4.93. The molecule has 5 heteroatoms. The molecule has 0 radical (unpaired) electrons. The third kappa shape index (κ3) is 3.74. The van der Waals surface area contributed by atoms with Crippen molar-refractivity contribution in [3.8, 4) is 0 Å². The second kappa shape index (κ2) is 6.43. The molecule has 0 saturated heterocycles. The number of carbonyl (C=O) groups is 2. The highest BCUT2D eigenvalue weighted by molar-refractivity contribution is 9.10. The molecule has 0 fully saturated rings. The fourth-order valence-corrected chi connectivity index (χ4v) is 1.78. The standard InChI is InChI=1S/C15H10BrFO3/c16-12-5-1-11(2-6-12)15(19)20-9-14(18)10-3-7-13(17)8-4-10/h1-8H,9H2. The Hall–Kier alpha value is -2.01. The van der Waals surface area contributed by atoms with Crippen molar-refractivity contribution in [3.05, 3.63) is 69.9 Å². The molecule has 2 aromatic carbocycles. The van der Waals surface area contributed by atoms with E-state index in [1.165, 1.54) is 24.3 Å². The molecule has 102 valence electrons. The van der Waals surface area contributed by atoms with E-state index in [4.69, 9.17) is 4.74 Å². The maximum absolute atomic E-state index is 12.7. The molecule has 0 saturated carbocycles. The van der Waals surface area contributed by atoms with Crippen LogP contribution < -0.4 is 0 Å². The van der Waals surface area contributed by atoms with Gasteiger partial charge in [-0.15, -0.1) is 0 Å². The van der Waals surface area contributed by atoms with Crippen LogP contribution in [0.1, 0.15) is 20.7 Å². The van der Waals surface area contributed by atoms with Crippen molar-refractivity contribution in [1.29, 1.82) is 0 Å². The Labute approximate surface area is 123 Å². The minimum Gasteiger partial charge on any atom is -0.454 e. The Bertz CT molecular complexity index is 563. The van der Waals surface area contributed by atoms with Gasteiger partial charge in [-0.2, -0.15) is 0 Å². The summed E-state index contributed by atoms with van der Waals surface area (Å²) >= 11 is 3.26. The highest BCUT2D eigenvalue weighted by Crippen LogP contribution is 2.11. The molecule has 0 atom stereocenters. The number of ketones is 1. The van der Waals surface area contributed by atoms with Crippen LogP contribution in [-0.4, -0.2) is 18.4 Å². The summed E-state index contributed by atoms with van der Waals surface area (Å²) in [7, 11) is 0. The van der Waals surface area contributed by atoms with Crippen LogP contribution in [0.15, 0.2) is 53.0 Å². The largest absolute Gasteiger partial charge is 0.454 e. The molecule has 0 aliphatic rings. The number of benzene rings is 2. The molecule has 0 heterocycles. The zero-order valence-corrected chi connectivity index (χ0v) is 11.9. The lowest BCUT2D eigenvalue weighted by molar-refractivity contribution is 0.0474. The first-order valence-electron chi connectivity index (χ1n) is 5.78. The van der Waals surface area contributed by atoms with E-state index in [0.29, 0.717) is 11.1 Å². The van der Waals surface area contributed by atoms with E-state index < -0.39 is 11.8 Å². The number of ether oxygens (including phenoxy) is 1. The van der Waals surface area contributed by atoms with Crippen LogP contribution in [0.4, 0.5) is 4.39 Å². The number of halogens is 2. The summed E-state index contributed by atoms with van der Waals surface area (Å²) in [5.41, 5.74) is 0.662. The minimum absolute atomic E-state index is 0.301. The van der Waals surface area contributed by atoms with E-state index in [1.807, 2.05) is 0 Å². The first kappa shape index (κ1) is 14.4. The van der Waals surface area contributed by atoms with E-state index in [1.54, 1.807) is 24.3 Å². The number of Topliss-reactive ketones (excluding diaryl/α,β-unsaturated/α-hetero) is 1. The zero-order chi connectivity index (χ0) is 14.5. The summed E-state index contributed by atoms with van der Waals surface area (Å²) < 4.78 is 18.5. The summed E-state index contributed by atoms with van der Waals surface area (Å²) in [5.74, 6) is -1.38. The number of carbonyl (C=O) groups excluding carboxylic acids is 2. The third-order valence-electron chi connectivity index (χ3n) is 2.58. The van der Waals surface area contributed by atoms with Gasteiger partial charge in [0.2, 0.25) is 0 Å². The van der Waals surface area contributed by atoms with Gasteiger partial charge >= 0.3 is 5.97 Å². The van der Waals surface area contributed by atoms with Gasteiger partial charge in [0, 0.05) is 10.0 Å². The van der Waals surface area contributed by atoms with Crippen LogP contribution >= 0.6 is 15.9 Å². The van der Waals surface area contributed by atoms with Crippen LogP contribution in [0, 0.1) is 5.82 Å². The highest BCUT2D eigenvalue weighted by atomic mass is 79.9. The molecule has 0 spiro atoms. The summed E-state index contributed by atoms with van der Waals surface area (Å²) in [4.78, 5) is 23.4. The molecule has 0 bridgehead atoms. The Balaban J connectivity index is 1.94. The first-order valence-corrected chi connectivity index (χ1v) is 6.57. The van der Waals surface area contributed by atoms with Gasteiger partial charge in [-0.1, -0.05) is 15.9 Å². The monoisotopic (exact) mass is 336 g/mol. The van der Waals surface area contributed by atoms with Gasteiger partial charge in [0.25, 0.3) is 0 Å². The molecular weight excluding hydrogens is 327 g/mol. The summed E-state index contributed by atoms with van der Waals surface area (Å²) in [5, 5.41) is 0. The van der Waals surface area contributed by atoms with Crippen molar-refractivity contribution < 1.29 is 18.7 Å². The van der Waals surface area contributed by atoms with E-state index in [0.717, 1.165) is 4.47 Å². The Morgan fingerprint density at radius 3 is 2.10 bits per heavy atom. The average Bonchev–Trinajstić information content (AvgIpc) is 2.46. The third-order valence-corrected chi connectivity index (χ3v) is 3.11. The number of rotatable bonds is 4. The van der Waals surface area contributed by atoms with Gasteiger partial charge in [0.1, 0.15) is 5.82 Å². The van der Waals surface area contributed by atoms with Gasteiger partial charge in [-0.3, -0.25) is 4.79 Å². The molecule has 2 rings (SSSR count). The van der Waals surface area contributed by atoms with Gasteiger partial charge in [0.15, 0.2) is 12.4 Å². The minimum atomic E-state index is -0.576. The van der Waals surface area contributed by atoms with Crippen LogP contribution in [0.2, 0.25) is 0 Å². The van der Waals surface area contributed by atoms with Gasteiger partial charge < -0.3 is 4.74 Å². The molecular formula is C15H10BrFO3. The smallest absolute Gasteiger partial charge is 0.338 e. The average molecular weight is 337 g/mol. The lowest BCUT2D eigenvalue weighted by Gasteiger charge is -2.04. The molecule has 3 nitrogen and oxygen atoms in total. The maximum Gasteiger partial charge on any atom is 0.338 e. The molecule has 0 N–H and O–H groups in total. The maximum atomic E-state index is 12.7. The fraction of sp³-hybridized carbons (Fsp3) is 0.0667. The van der Waals surface area contributed by atoms with Gasteiger partial charge in [0.05, 0.1) is 5.56 Å². The molecule has 0 amide bonds. The topological polar surface area (TPSA) is 43.4 Å². The summed E-state index contributed by atoms with van der Waals surface area (Å²) in [6, 6.07) is 11.7. The van der Waals surface area contributed by atoms with Crippen molar-refractivity contribution in [2.24, 2.45) is 0 Å². The molecule has 0 aliphatic carbocycles. The molecule has 20 heavy (non-hydrogen) atoms. The van der Waals surface area contributed by atoms with Crippen LogP contribution in [-0.2, 0) is 4.74 Å². The van der Waals surface area contributed by atoms with Gasteiger partial charge in [-0.25, -0.2) is 9.18 Å². The second-order valence-electron chi connectivity index (χ2n) is 4.01. The fourth-order valence-electron chi connectivity index (χ4n) is 1.52. The predicted molar refractivity (Wildman–Crippen MR) is 75.2 cm³/mol. The number of hydrogen-bond donors (Lipinski definition) is 0. The first-order chi connectivity index (χ1) is 9.56. The summed E-state index contributed by atoms with van der Waals surface area (Å²) in [6.07, 6.45) is 0. The van der Waals surface area contributed by atoms with Crippen molar-refractivity contribution in [1.82, 2.24) is 0 Å². The summed E-state index contributed by atoms with van der Waals surface area (Å²) in [6.45, 7) is -0.374. The SMILES string of the molecule is O=C(COC(=O)c1ccc(Br)cc1)c1ccc(F)cc1. The van der Waals surface area contributed by atoms with Gasteiger partial charge in [-0.05, 0) is 48.5 Å². The van der Waals surface area contributed by atoms with E-state index >= 15 is 0 Å². The van der Waals surface area contributed by atoms with Crippen molar-refractivity contribution in [2.75, 3.05) is 6.61 Å². The highest BCUT2D eigenvalue weighted by Gasteiger charge is 2.11. The van der Waals surface area contributed by atoms with E-state index in [-0.39, 0.29) is 12.4 Å². The molecule has 0 aliphatic heterocycles. The predicted octanol–water partition coefficient (Wildman–Crippen LogP) is 3.63. The van der Waals surface area contributed by atoms with Crippen molar-refractivity contribution in [3.63, 3.8) is 0 Å². The zero-order valence-electron chi connectivity index (χ0n) is 10.3. The Kier molecular flexibility index (Phi) is 4.63. The van der Waals surface area contributed by atoms with Crippen molar-refractivity contribution >= 4 is 27.7 Å². The lowest BCUT2D eigenvalue weighted by atomic mass is 10.1. The van der Waals surface area contributed by atoms with E-state index in [2.05, 4.69) is 15.9 Å². The van der Waals surface area contributed by atoms with E-state index in [9.17, 15) is 14.0 Å². The quantitative estimate of drug-likeness (QED) is 0.632. The molecule has 0 unspecified atom stereocenters. The number of esters is 1. The Morgan fingerprint density at radius 2 is 1.50 bits per heavy atom. The molecule has 0 aromatic heterocycles. The Morgan fingerprint density at radius 1 is 0.950 bits per heavy atom.